The lowest BCUT2D eigenvalue weighted by molar-refractivity contribution is 0.0750. The summed E-state index contributed by atoms with van der Waals surface area (Å²) in [5, 5.41) is 8.70. The summed E-state index contributed by atoms with van der Waals surface area (Å²) in [4.78, 5) is 14.6. The third-order valence-corrected chi connectivity index (χ3v) is 5.60. The number of nitrogens with zero attached hydrogens (tertiary/aromatic N) is 4. The lowest BCUT2D eigenvalue weighted by atomic mass is 10.2. The molecule has 1 amide bonds. The predicted molar refractivity (Wildman–Crippen MR) is 106 cm³/mol. The van der Waals surface area contributed by atoms with Gasteiger partial charge in [-0.15, -0.1) is 0 Å². The first-order chi connectivity index (χ1) is 13.2. The van der Waals surface area contributed by atoms with E-state index in [-0.39, 0.29) is 5.91 Å². The molecule has 27 heavy (non-hydrogen) atoms. The summed E-state index contributed by atoms with van der Waals surface area (Å²) >= 11 is 1.54. The number of thiophene rings is 1. The van der Waals surface area contributed by atoms with Crippen LogP contribution >= 0.6 is 11.3 Å². The van der Waals surface area contributed by atoms with Crippen molar-refractivity contribution in [1.82, 2.24) is 19.2 Å². The van der Waals surface area contributed by atoms with Gasteiger partial charge in [-0.2, -0.15) is 16.4 Å². The number of carbonyl (C=O) groups excluding carboxylic acids is 1. The molecule has 134 valence electrons. The molecule has 5 rings (SSSR count). The monoisotopic (exact) mass is 374 g/mol. The Morgan fingerprint density at radius 3 is 2.56 bits per heavy atom. The zero-order chi connectivity index (χ0) is 18.4. The lowest BCUT2D eigenvalue weighted by Crippen LogP contribution is -2.26. The first-order valence-electron chi connectivity index (χ1n) is 8.83. The molecule has 3 aromatic heterocycles. The summed E-state index contributed by atoms with van der Waals surface area (Å²) in [6.45, 7) is 3.19. The van der Waals surface area contributed by atoms with Crippen LogP contribution in [-0.4, -0.2) is 25.2 Å². The second-order valence-electron chi connectivity index (χ2n) is 6.76. The smallest absolute Gasteiger partial charge is 0.255 e. The van der Waals surface area contributed by atoms with Crippen molar-refractivity contribution in [2.24, 2.45) is 0 Å². The van der Waals surface area contributed by atoms with E-state index >= 15 is 0 Å². The molecular formula is C21H18N4OS. The van der Waals surface area contributed by atoms with Crippen LogP contribution in [0.4, 0.5) is 0 Å². The van der Waals surface area contributed by atoms with Crippen molar-refractivity contribution in [2.75, 3.05) is 0 Å². The van der Waals surface area contributed by atoms with Crippen LogP contribution in [0.5, 0.6) is 0 Å². The molecule has 4 aromatic rings. The van der Waals surface area contributed by atoms with Gasteiger partial charge in [-0.25, -0.2) is 4.68 Å². The van der Waals surface area contributed by atoms with Gasteiger partial charge in [-0.3, -0.25) is 4.79 Å². The van der Waals surface area contributed by atoms with Crippen molar-refractivity contribution in [2.45, 2.75) is 20.0 Å². The number of rotatable bonds is 3. The molecule has 1 aliphatic heterocycles. The van der Waals surface area contributed by atoms with E-state index in [0.717, 1.165) is 28.3 Å². The number of fused-ring (bicyclic) bond motifs is 1. The quantitative estimate of drug-likeness (QED) is 0.540. The summed E-state index contributed by atoms with van der Waals surface area (Å²) in [6.07, 6.45) is 4.04. The number of carbonyl (C=O) groups is 1. The third kappa shape index (κ3) is 2.69. The number of hydrogen-bond acceptors (Lipinski definition) is 3. The maximum absolute atomic E-state index is 12.8. The van der Waals surface area contributed by atoms with Crippen LogP contribution in [0.1, 0.15) is 27.2 Å². The maximum atomic E-state index is 12.8. The highest BCUT2D eigenvalue weighted by atomic mass is 32.1. The fraction of sp³-hybridized carbons (Fsp3) is 0.143. The molecule has 0 radical (unpaired) electrons. The molecule has 0 saturated heterocycles. The highest BCUT2D eigenvalue weighted by Crippen LogP contribution is 2.31. The highest BCUT2D eigenvalue weighted by molar-refractivity contribution is 7.08. The van der Waals surface area contributed by atoms with Crippen molar-refractivity contribution in [3.63, 3.8) is 0 Å². The zero-order valence-electron chi connectivity index (χ0n) is 14.9. The number of hydrogen-bond donors (Lipinski definition) is 0. The fourth-order valence-corrected chi connectivity index (χ4v) is 4.15. The van der Waals surface area contributed by atoms with Crippen LogP contribution in [0.25, 0.3) is 11.5 Å². The molecule has 6 heteroatoms. The van der Waals surface area contributed by atoms with Crippen LogP contribution < -0.4 is 0 Å². The molecule has 1 aromatic carbocycles. The summed E-state index contributed by atoms with van der Waals surface area (Å²) in [5.41, 5.74) is 5.06. The zero-order valence-corrected chi connectivity index (χ0v) is 15.7. The van der Waals surface area contributed by atoms with E-state index in [1.165, 1.54) is 5.56 Å². The van der Waals surface area contributed by atoms with Gasteiger partial charge in [0, 0.05) is 23.3 Å². The number of benzene rings is 1. The molecule has 4 heterocycles. The standard InChI is InChI=1S/C21H18N4OS/c1-15-4-6-17(7-5-15)25-20(23-9-2-3-10-23)18-12-24(13-19(18)22-25)21(26)16-8-11-27-14-16/h2-11,14H,12-13H2,1H3. The Balaban J connectivity index is 1.57. The lowest BCUT2D eigenvalue weighted by Gasteiger charge is -2.17. The van der Waals surface area contributed by atoms with Gasteiger partial charge in [-0.1, -0.05) is 17.7 Å². The van der Waals surface area contributed by atoms with Crippen molar-refractivity contribution < 1.29 is 4.79 Å². The minimum absolute atomic E-state index is 0.0644. The normalized spacial score (nSPS) is 13.1. The van der Waals surface area contributed by atoms with Gasteiger partial charge in [0.15, 0.2) is 0 Å². The van der Waals surface area contributed by atoms with Crippen molar-refractivity contribution in [1.29, 1.82) is 0 Å². The number of amides is 1. The Morgan fingerprint density at radius 1 is 1.07 bits per heavy atom. The van der Waals surface area contributed by atoms with Crippen LogP contribution in [0.2, 0.25) is 0 Å². The van der Waals surface area contributed by atoms with Crippen LogP contribution in [-0.2, 0) is 13.1 Å². The first kappa shape index (κ1) is 16.1. The van der Waals surface area contributed by atoms with E-state index in [2.05, 4.69) is 35.8 Å². The molecule has 1 aliphatic rings. The molecule has 0 spiro atoms. The molecule has 0 saturated carbocycles. The molecule has 0 N–H and O–H groups in total. The first-order valence-corrected chi connectivity index (χ1v) is 9.77. The number of aryl methyl sites for hydroxylation is 1. The fourth-order valence-electron chi connectivity index (χ4n) is 3.52. The predicted octanol–water partition coefficient (Wildman–Crippen LogP) is 4.19. The van der Waals surface area contributed by atoms with Gasteiger partial charge in [0.1, 0.15) is 5.82 Å². The van der Waals surface area contributed by atoms with Crippen LogP contribution in [0, 0.1) is 6.92 Å². The van der Waals surface area contributed by atoms with Gasteiger partial charge in [-0.05, 0) is 42.6 Å². The van der Waals surface area contributed by atoms with Gasteiger partial charge in [0.25, 0.3) is 5.91 Å². The number of aromatic nitrogens is 3. The summed E-state index contributed by atoms with van der Waals surface area (Å²) < 4.78 is 4.06. The van der Waals surface area contributed by atoms with Crippen molar-refractivity contribution >= 4 is 17.2 Å². The second kappa shape index (κ2) is 6.25. The van der Waals surface area contributed by atoms with Crippen molar-refractivity contribution in [3.8, 4) is 11.5 Å². The van der Waals surface area contributed by atoms with E-state index in [9.17, 15) is 4.79 Å². The Labute approximate surface area is 161 Å². The van der Waals surface area contributed by atoms with Gasteiger partial charge in [0.05, 0.1) is 30.0 Å². The maximum Gasteiger partial charge on any atom is 0.255 e. The molecule has 5 nitrogen and oxygen atoms in total. The Kier molecular flexibility index (Phi) is 3.72. The summed E-state index contributed by atoms with van der Waals surface area (Å²) in [7, 11) is 0. The van der Waals surface area contributed by atoms with E-state index in [0.29, 0.717) is 13.1 Å². The van der Waals surface area contributed by atoms with E-state index in [1.807, 2.05) is 50.9 Å². The SMILES string of the molecule is Cc1ccc(-n2nc3c(c2-n2cccc2)CN(C(=O)c2ccsc2)C3)cc1. The Morgan fingerprint density at radius 2 is 1.85 bits per heavy atom. The van der Waals surface area contributed by atoms with E-state index in [1.54, 1.807) is 11.3 Å². The largest absolute Gasteiger partial charge is 0.328 e. The summed E-state index contributed by atoms with van der Waals surface area (Å²) in [6, 6.07) is 14.2. The topological polar surface area (TPSA) is 43.1 Å². The van der Waals surface area contributed by atoms with Gasteiger partial charge >= 0.3 is 0 Å². The molecule has 0 fully saturated rings. The van der Waals surface area contributed by atoms with E-state index in [4.69, 9.17) is 5.10 Å². The van der Waals surface area contributed by atoms with Gasteiger partial charge in [0.2, 0.25) is 0 Å². The van der Waals surface area contributed by atoms with Crippen molar-refractivity contribution in [3.05, 3.63) is 88.0 Å². The summed E-state index contributed by atoms with van der Waals surface area (Å²) in [5.74, 6) is 1.06. The van der Waals surface area contributed by atoms with Crippen LogP contribution in [0.15, 0.2) is 65.6 Å². The molecule has 0 bridgehead atoms. The molecule has 0 unspecified atom stereocenters. The molecule has 0 aliphatic carbocycles. The molecule has 0 atom stereocenters. The van der Waals surface area contributed by atoms with Crippen LogP contribution in [0.3, 0.4) is 0 Å². The average Bonchev–Trinajstić information content (AvgIpc) is 3.44. The third-order valence-electron chi connectivity index (χ3n) is 4.91. The Bertz CT molecular complexity index is 1090. The highest BCUT2D eigenvalue weighted by Gasteiger charge is 2.31. The van der Waals surface area contributed by atoms with E-state index < -0.39 is 0 Å². The molecular weight excluding hydrogens is 356 g/mol. The Hall–Kier alpha value is -3.12. The minimum atomic E-state index is 0.0644. The minimum Gasteiger partial charge on any atom is -0.328 e. The average molecular weight is 374 g/mol. The second-order valence-corrected chi connectivity index (χ2v) is 7.54. The van der Waals surface area contributed by atoms with Gasteiger partial charge < -0.3 is 9.47 Å².